The fourth-order valence-electron chi connectivity index (χ4n) is 3.34. The lowest BCUT2D eigenvalue weighted by atomic mass is 9.75. The van der Waals surface area contributed by atoms with Crippen LogP contribution in [0.4, 0.5) is 0 Å². The van der Waals surface area contributed by atoms with E-state index in [4.69, 9.17) is 14.6 Å². The third-order valence-electron chi connectivity index (χ3n) is 5.32. The van der Waals surface area contributed by atoms with Gasteiger partial charge in [-0.25, -0.2) is 0 Å². The molecule has 2 rings (SSSR count). The van der Waals surface area contributed by atoms with E-state index in [1.165, 1.54) is 0 Å². The Labute approximate surface area is 161 Å². The fraction of sp³-hybridized carbons (Fsp3) is 1.00. The Morgan fingerprint density at radius 1 is 0.667 bits per heavy atom. The molecule has 0 radical (unpaired) electrons. The molecular weight excluding hydrogens is 356 g/mol. The van der Waals surface area contributed by atoms with Crippen LogP contribution in [-0.2, 0) is 9.47 Å². The summed E-state index contributed by atoms with van der Waals surface area (Å²) in [4.78, 5) is 0. The van der Waals surface area contributed by atoms with Crippen LogP contribution in [0.1, 0.15) is 48.5 Å². The zero-order valence-electron chi connectivity index (χ0n) is 17.4. The summed E-state index contributed by atoms with van der Waals surface area (Å²) in [5.41, 5.74) is -0.394. The molecule has 2 fully saturated rings. The van der Waals surface area contributed by atoms with Crippen LogP contribution in [0.3, 0.4) is 0 Å². The van der Waals surface area contributed by atoms with E-state index in [9.17, 15) is 25.5 Å². The van der Waals surface area contributed by atoms with Gasteiger partial charge in [-0.2, -0.15) is 0 Å². The molecule has 0 saturated carbocycles. The molecule has 2 aliphatic rings. The molecule has 0 amide bonds. The van der Waals surface area contributed by atoms with Crippen LogP contribution in [0.2, 0.25) is 0 Å². The summed E-state index contributed by atoms with van der Waals surface area (Å²) >= 11 is 0. The van der Waals surface area contributed by atoms with Crippen LogP contribution >= 0.6 is 0 Å². The Bertz CT molecular complexity index is 458. The number of ether oxygens (including phenoxy) is 2. The summed E-state index contributed by atoms with van der Waals surface area (Å²) in [6.07, 6.45) is -7.42. The summed E-state index contributed by atoms with van der Waals surface area (Å²) in [7, 11) is 0. The highest BCUT2D eigenvalue weighted by Crippen LogP contribution is 2.34. The lowest BCUT2D eigenvalue weighted by Gasteiger charge is -2.44. The first-order valence-electron chi connectivity index (χ1n) is 9.44. The minimum atomic E-state index is -1.26. The molecule has 8 nitrogen and oxygen atoms in total. The van der Waals surface area contributed by atoms with Crippen molar-refractivity contribution < 1.29 is 40.1 Å². The molecule has 2 heterocycles. The number of hydrogen-bond donors (Lipinski definition) is 6. The first-order valence-corrected chi connectivity index (χ1v) is 9.44. The third kappa shape index (κ3) is 6.08. The van der Waals surface area contributed by atoms with E-state index < -0.39 is 49.0 Å². The van der Waals surface area contributed by atoms with Gasteiger partial charge in [-0.3, -0.25) is 0 Å². The van der Waals surface area contributed by atoms with Crippen molar-refractivity contribution in [3.8, 4) is 0 Å². The molecule has 2 aliphatic heterocycles. The van der Waals surface area contributed by atoms with E-state index in [2.05, 4.69) is 0 Å². The maximum atomic E-state index is 9.73. The average Bonchev–Trinajstić information content (AvgIpc) is 2.52. The molecule has 0 aromatic carbocycles. The second kappa shape index (κ2) is 9.00. The van der Waals surface area contributed by atoms with Crippen molar-refractivity contribution >= 4 is 0 Å². The van der Waals surface area contributed by atoms with Crippen molar-refractivity contribution in [3.05, 3.63) is 0 Å². The van der Waals surface area contributed by atoms with Gasteiger partial charge in [0.25, 0.3) is 0 Å². The van der Waals surface area contributed by atoms with Gasteiger partial charge in [0.05, 0.1) is 24.9 Å². The minimum Gasteiger partial charge on any atom is -0.390 e. The molecular formula is C19H38O8. The second-order valence-electron chi connectivity index (χ2n) is 9.78. The van der Waals surface area contributed by atoms with Gasteiger partial charge in [-0.1, -0.05) is 41.5 Å². The third-order valence-corrected chi connectivity index (χ3v) is 5.32. The Morgan fingerprint density at radius 2 is 1.19 bits per heavy atom. The molecule has 27 heavy (non-hydrogen) atoms. The number of aliphatic hydroxyl groups excluding tert-OH is 6. The Morgan fingerprint density at radius 3 is 1.63 bits per heavy atom. The SMILES string of the molecule is CC(C)(C)[C@@H]1CO[C@@H](O)[C@H](O)C1O.C[C@@H]1O[C@@H](C(C)(C)C)C(O)C(O)[C@H]1O. The lowest BCUT2D eigenvalue weighted by molar-refractivity contribution is -0.251. The van der Waals surface area contributed by atoms with E-state index in [-0.39, 0.29) is 23.4 Å². The molecule has 162 valence electrons. The van der Waals surface area contributed by atoms with Gasteiger partial charge in [0.15, 0.2) is 6.29 Å². The van der Waals surface area contributed by atoms with Gasteiger partial charge >= 0.3 is 0 Å². The van der Waals surface area contributed by atoms with Crippen molar-refractivity contribution in [2.45, 2.75) is 97.5 Å². The van der Waals surface area contributed by atoms with Gasteiger partial charge in [-0.05, 0) is 17.8 Å². The van der Waals surface area contributed by atoms with Crippen LogP contribution in [-0.4, -0.2) is 86.3 Å². The molecule has 0 aliphatic carbocycles. The Balaban J connectivity index is 0.000000271. The van der Waals surface area contributed by atoms with Crippen LogP contribution in [0.25, 0.3) is 0 Å². The number of hydrogen-bond acceptors (Lipinski definition) is 8. The second-order valence-corrected chi connectivity index (χ2v) is 9.78. The van der Waals surface area contributed by atoms with Crippen LogP contribution in [0.5, 0.6) is 0 Å². The summed E-state index contributed by atoms with van der Waals surface area (Å²) < 4.78 is 10.4. The standard InChI is InChI=1S/C10H20O4.C9H18O4/c1-5-6(11)7(12)8(13)9(14-5)10(2,3)4;1-9(2,3)5-4-13-8(12)7(11)6(5)10/h5-9,11-13H,1-4H3;5-8,10-12H,4H2,1-3H3/t5-,6-,7?,8?,9+;5-,6?,7-,8-/m01/s1. The van der Waals surface area contributed by atoms with Crippen LogP contribution < -0.4 is 0 Å². The van der Waals surface area contributed by atoms with Crippen molar-refractivity contribution in [3.63, 3.8) is 0 Å². The van der Waals surface area contributed by atoms with E-state index in [1.54, 1.807) is 6.92 Å². The minimum absolute atomic E-state index is 0.138. The van der Waals surface area contributed by atoms with Gasteiger partial charge in [0.2, 0.25) is 0 Å². The van der Waals surface area contributed by atoms with Crippen LogP contribution in [0, 0.1) is 16.7 Å². The molecule has 0 bridgehead atoms. The largest absolute Gasteiger partial charge is 0.390 e. The highest BCUT2D eigenvalue weighted by molar-refractivity contribution is 4.95. The lowest BCUT2D eigenvalue weighted by Crippen LogP contribution is -2.59. The van der Waals surface area contributed by atoms with Crippen molar-refractivity contribution in [1.29, 1.82) is 0 Å². The topological polar surface area (TPSA) is 140 Å². The zero-order chi connectivity index (χ0) is 21.3. The molecule has 8 heteroatoms. The van der Waals surface area contributed by atoms with E-state index >= 15 is 0 Å². The average molecular weight is 395 g/mol. The summed E-state index contributed by atoms with van der Waals surface area (Å²) in [5.74, 6) is -0.147. The molecule has 0 aromatic heterocycles. The molecule has 3 unspecified atom stereocenters. The van der Waals surface area contributed by atoms with Gasteiger partial charge < -0.3 is 40.1 Å². The van der Waals surface area contributed by atoms with Crippen molar-refractivity contribution in [2.24, 2.45) is 16.7 Å². The fourth-order valence-corrected chi connectivity index (χ4v) is 3.34. The summed E-state index contributed by atoms with van der Waals surface area (Å²) in [5, 5.41) is 56.9. The van der Waals surface area contributed by atoms with E-state index in [0.29, 0.717) is 0 Å². The molecule has 6 N–H and O–H groups in total. The molecule has 2 saturated heterocycles. The quantitative estimate of drug-likeness (QED) is 0.327. The maximum Gasteiger partial charge on any atom is 0.183 e. The predicted octanol–water partition coefficient (Wildman–Crippen LogP) is -0.378. The smallest absolute Gasteiger partial charge is 0.183 e. The van der Waals surface area contributed by atoms with Gasteiger partial charge in [0, 0.05) is 5.92 Å². The maximum absolute atomic E-state index is 9.73. The Kier molecular flexibility index (Phi) is 8.24. The normalized spacial score (nSPS) is 43.7. The number of rotatable bonds is 0. The molecule has 9 atom stereocenters. The monoisotopic (exact) mass is 394 g/mol. The predicted molar refractivity (Wildman–Crippen MR) is 98.7 cm³/mol. The van der Waals surface area contributed by atoms with Crippen molar-refractivity contribution in [1.82, 2.24) is 0 Å². The van der Waals surface area contributed by atoms with E-state index in [1.807, 2.05) is 41.5 Å². The summed E-state index contributed by atoms with van der Waals surface area (Å²) in [6.45, 7) is 13.7. The van der Waals surface area contributed by atoms with E-state index in [0.717, 1.165) is 0 Å². The highest BCUT2D eigenvalue weighted by atomic mass is 16.6. The van der Waals surface area contributed by atoms with Gasteiger partial charge in [0.1, 0.15) is 24.4 Å². The molecule has 0 spiro atoms. The van der Waals surface area contributed by atoms with Crippen molar-refractivity contribution in [2.75, 3.05) is 6.61 Å². The zero-order valence-corrected chi connectivity index (χ0v) is 17.4. The highest BCUT2D eigenvalue weighted by Gasteiger charge is 2.46. The van der Waals surface area contributed by atoms with Crippen LogP contribution in [0.15, 0.2) is 0 Å². The molecule has 0 aromatic rings. The first-order chi connectivity index (χ1) is 12.1. The summed E-state index contributed by atoms with van der Waals surface area (Å²) in [6, 6.07) is 0. The first kappa shape index (κ1) is 24.7. The van der Waals surface area contributed by atoms with Gasteiger partial charge in [-0.15, -0.1) is 0 Å². The number of aliphatic hydroxyl groups is 6. The Hall–Kier alpha value is -0.320.